The number of esters is 1. The number of allylic oxidation sites excluding steroid dienone is 1. The quantitative estimate of drug-likeness (QED) is 0.207. The second-order valence-electron chi connectivity index (χ2n) is 18.5. The molecule has 13 nitrogen and oxygen atoms in total. The molecule has 0 bridgehead atoms. The van der Waals surface area contributed by atoms with Crippen molar-refractivity contribution in [2.45, 2.75) is 108 Å². The van der Waals surface area contributed by atoms with E-state index in [4.69, 9.17) is 14.5 Å². The minimum Gasteiger partial charge on any atom is -0.497 e. The Morgan fingerprint density at radius 1 is 0.983 bits per heavy atom. The molecule has 0 spiro atoms. The van der Waals surface area contributed by atoms with E-state index in [0.717, 1.165) is 59.2 Å². The monoisotopic (exact) mass is 839 g/mol. The van der Waals surface area contributed by atoms with Crippen molar-refractivity contribution < 1.29 is 37.1 Å². The van der Waals surface area contributed by atoms with Gasteiger partial charge in [-0.25, -0.2) is 13.4 Å². The summed E-state index contributed by atoms with van der Waals surface area (Å²) in [5.41, 5.74) is 1.57. The van der Waals surface area contributed by atoms with E-state index < -0.39 is 56.2 Å². The fourth-order valence-corrected chi connectivity index (χ4v) is 10.9. The highest BCUT2D eigenvalue weighted by Crippen LogP contribution is 2.47. The van der Waals surface area contributed by atoms with Crippen molar-refractivity contribution in [2.24, 2.45) is 23.7 Å². The number of amides is 3. The first-order valence-corrected chi connectivity index (χ1v) is 23.0. The Hall–Kier alpha value is -4.82. The lowest BCUT2D eigenvalue weighted by Gasteiger charge is -2.33. The number of methoxy groups -OCH3 is 1. The van der Waals surface area contributed by atoms with Crippen molar-refractivity contribution in [3.8, 4) is 17.0 Å². The maximum absolute atomic E-state index is 14.9. The molecular weight excluding hydrogens is 783 g/mol. The fourth-order valence-electron chi connectivity index (χ4n) is 9.54. The van der Waals surface area contributed by atoms with Crippen LogP contribution in [0, 0.1) is 23.7 Å². The number of hydrogen-bond acceptors (Lipinski definition) is 10. The van der Waals surface area contributed by atoms with Crippen LogP contribution in [-0.4, -0.2) is 96.1 Å². The molecule has 2 aliphatic carbocycles. The second-order valence-corrected chi connectivity index (χ2v) is 20.4. The molecule has 6 atom stereocenters. The molecule has 2 N–H and O–H groups in total. The lowest BCUT2D eigenvalue weighted by atomic mass is 9.92. The second kappa shape index (κ2) is 16.6. The Bertz CT molecular complexity index is 2290. The first-order valence-electron chi connectivity index (χ1n) is 21.5. The van der Waals surface area contributed by atoms with Gasteiger partial charge in [0.15, 0.2) is 0 Å². The maximum atomic E-state index is 14.9. The zero-order chi connectivity index (χ0) is 42.4. The van der Waals surface area contributed by atoms with Gasteiger partial charge < -0.3 is 19.7 Å². The van der Waals surface area contributed by atoms with E-state index in [1.807, 2.05) is 54.6 Å². The number of aromatic nitrogens is 1. The van der Waals surface area contributed by atoms with Crippen molar-refractivity contribution in [3.05, 3.63) is 72.3 Å². The summed E-state index contributed by atoms with van der Waals surface area (Å²) in [7, 11) is -2.24. The summed E-state index contributed by atoms with van der Waals surface area (Å²) in [6, 6.07) is 17.0. The number of rotatable bonds is 9. The van der Waals surface area contributed by atoms with Crippen LogP contribution in [0.25, 0.3) is 22.2 Å². The SMILES string of the molecule is COc1ccc(-c2cc(CN3C[C@H]4CN5C(=O)[C@H](CC(=O)OC(C)(C)C)CCCCC/C=C\[C@@H]6C[C@@]6(C(=O)NS(=O)(=O)C6CC6)NC(=O)[C@@H]5[C@H]4C3)c3ccccc3n2)cc1. The summed E-state index contributed by atoms with van der Waals surface area (Å²) in [6.45, 7) is 7.43. The molecule has 2 saturated heterocycles. The normalized spacial score (nSPS) is 28.1. The molecule has 1 aromatic heterocycles. The van der Waals surface area contributed by atoms with Gasteiger partial charge in [0.2, 0.25) is 21.8 Å². The standard InChI is InChI=1S/C46H57N5O8S/c1-45(2,3)59-40(52)23-30-12-8-6-5-7-9-13-33-24-46(33,44(55)49-60(56,57)35-20-21-35)48-42(53)41-37-28-50(26-32(37)27-51(41)43(30)54)25-31-22-39(29-16-18-34(58-4)19-17-29)47-38-15-11-10-14-36(31)38/h9-11,13-19,22,30,32-33,35,37,41H,5-8,12,20-21,23-28H2,1-4H3,(H,48,53)(H,49,55)/b13-9-/t30-,32-,33+,37-,41-,46+/m0/s1. The number of hydrogen-bond donors (Lipinski definition) is 2. The fraction of sp³-hybridized carbons (Fsp3) is 0.543. The number of ether oxygens (including phenoxy) is 2. The molecule has 4 fully saturated rings. The Morgan fingerprint density at radius 3 is 2.48 bits per heavy atom. The summed E-state index contributed by atoms with van der Waals surface area (Å²) >= 11 is 0. The number of pyridine rings is 1. The number of fused-ring (bicyclic) bond motifs is 5. The summed E-state index contributed by atoms with van der Waals surface area (Å²) in [5.74, 6) is -2.58. The predicted molar refractivity (Wildman–Crippen MR) is 227 cm³/mol. The third-order valence-corrected chi connectivity index (χ3v) is 14.6. The van der Waals surface area contributed by atoms with E-state index in [1.54, 1.807) is 32.8 Å². The summed E-state index contributed by atoms with van der Waals surface area (Å²) in [6.07, 6.45) is 8.69. The van der Waals surface area contributed by atoms with Gasteiger partial charge in [0, 0.05) is 54.9 Å². The summed E-state index contributed by atoms with van der Waals surface area (Å²) in [4.78, 5) is 65.8. The van der Waals surface area contributed by atoms with Gasteiger partial charge in [-0.15, -0.1) is 0 Å². The maximum Gasteiger partial charge on any atom is 0.307 e. The van der Waals surface area contributed by atoms with E-state index in [-0.39, 0.29) is 36.5 Å². The van der Waals surface area contributed by atoms with E-state index in [1.165, 1.54) is 0 Å². The highest BCUT2D eigenvalue weighted by Gasteiger charge is 2.63. The van der Waals surface area contributed by atoms with E-state index in [2.05, 4.69) is 27.1 Å². The van der Waals surface area contributed by atoms with E-state index in [9.17, 15) is 27.6 Å². The van der Waals surface area contributed by atoms with Crippen molar-refractivity contribution in [1.29, 1.82) is 0 Å². The van der Waals surface area contributed by atoms with Crippen LogP contribution in [0.2, 0.25) is 0 Å². The van der Waals surface area contributed by atoms with Gasteiger partial charge >= 0.3 is 5.97 Å². The molecular formula is C46H57N5O8S. The summed E-state index contributed by atoms with van der Waals surface area (Å²) in [5, 5.41) is 3.47. The van der Waals surface area contributed by atoms with Crippen LogP contribution in [0.5, 0.6) is 5.75 Å². The van der Waals surface area contributed by atoms with E-state index >= 15 is 0 Å². The zero-order valence-electron chi connectivity index (χ0n) is 35.0. The minimum absolute atomic E-state index is 0.0603. The van der Waals surface area contributed by atoms with Gasteiger partial charge in [-0.05, 0) is 107 Å². The van der Waals surface area contributed by atoms with Gasteiger partial charge in [-0.1, -0.05) is 43.2 Å². The van der Waals surface area contributed by atoms with Crippen LogP contribution in [0.15, 0.2) is 66.7 Å². The topological polar surface area (TPSA) is 164 Å². The highest BCUT2D eigenvalue weighted by molar-refractivity contribution is 7.91. The van der Waals surface area contributed by atoms with Crippen molar-refractivity contribution in [1.82, 2.24) is 24.8 Å². The number of para-hydroxylation sites is 1. The van der Waals surface area contributed by atoms with Gasteiger partial charge in [0.25, 0.3) is 5.91 Å². The minimum atomic E-state index is -3.88. The predicted octanol–water partition coefficient (Wildman–Crippen LogP) is 5.52. The molecule has 0 unspecified atom stereocenters. The Morgan fingerprint density at radius 2 is 1.75 bits per heavy atom. The Balaban J connectivity index is 1.10. The molecule has 320 valence electrons. The Kier molecular flexibility index (Phi) is 11.6. The largest absolute Gasteiger partial charge is 0.497 e. The third-order valence-electron chi connectivity index (χ3n) is 12.8. The molecule has 14 heteroatoms. The lowest BCUT2D eigenvalue weighted by molar-refractivity contribution is -0.159. The molecule has 2 aromatic carbocycles. The highest BCUT2D eigenvalue weighted by atomic mass is 32.2. The third kappa shape index (κ3) is 8.95. The zero-order valence-corrected chi connectivity index (χ0v) is 35.8. The average molecular weight is 840 g/mol. The number of sulfonamides is 1. The van der Waals surface area contributed by atoms with Gasteiger partial charge in [-0.2, -0.15) is 0 Å². The smallest absolute Gasteiger partial charge is 0.307 e. The van der Waals surface area contributed by atoms with Gasteiger partial charge in [0.1, 0.15) is 22.9 Å². The number of likely N-dealkylation sites (tertiary alicyclic amines) is 1. The first kappa shape index (κ1) is 41.9. The molecule has 5 aliphatic rings. The van der Waals surface area contributed by atoms with Crippen molar-refractivity contribution >= 4 is 44.6 Å². The van der Waals surface area contributed by atoms with Crippen LogP contribution in [-0.2, 0) is 40.5 Å². The number of carbonyl (C=O) groups excluding carboxylic acids is 4. The molecule has 4 heterocycles. The van der Waals surface area contributed by atoms with Crippen molar-refractivity contribution in [2.75, 3.05) is 26.7 Å². The van der Waals surface area contributed by atoms with Gasteiger partial charge in [0.05, 0.1) is 30.0 Å². The molecule has 60 heavy (non-hydrogen) atoms. The first-order chi connectivity index (χ1) is 28.6. The molecule has 2 saturated carbocycles. The Labute approximate surface area is 352 Å². The van der Waals surface area contributed by atoms with Crippen LogP contribution in [0.3, 0.4) is 0 Å². The number of carbonyl (C=O) groups is 4. The molecule has 3 aromatic rings. The lowest BCUT2D eigenvalue weighted by Crippen LogP contribution is -2.58. The van der Waals surface area contributed by atoms with Crippen LogP contribution in [0.4, 0.5) is 0 Å². The average Bonchev–Trinajstić information content (AvgIpc) is 4.11. The number of nitrogens with zero attached hydrogens (tertiary/aromatic N) is 3. The van der Waals surface area contributed by atoms with Gasteiger partial charge in [-0.3, -0.25) is 28.8 Å². The molecule has 3 aliphatic heterocycles. The van der Waals surface area contributed by atoms with E-state index in [0.29, 0.717) is 45.4 Å². The van der Waals surface area contributed by atoms with Crippen LogP contribution >= 0.6 is 0 Å². The molecule has 3 amide bonds. The summed E-state index contributed by atoms with van der Waals surface area (Å²) < 4.78 is 39.4. The van der Waals surface area contributed by atoms with Crippen LogP contribution < -0.4 is 14.8 Å². The van der Waals surface area contributed by atoms with Crippen LogP contribution in [0.1, 0.15) is 84.1 Å². The molecule has 0 radical (unpaired) electrons. The molecule has 8 rings (SSSR count). The number of benzene rings is 2. The number of nitrogens with one attached hydrogen (secondary N) is 2. The van der Waals surface area contributed by atoms with Crippen molar-refractivity contribution in [3.63, 3.8) is 0 Å².